The molecule has 1 aliphatic heterocycles. The lowest BCUT2D eigenvalue weighted by Crippen LogP contribution is -2.33. The van der Waals surface area contributed by atoms with E-state index in [1.165, 1.54) is 10.9 Å². The van der Waals surface area contributed by atoms with Crippen LogP contribution in [0.3, 0.4) is 0 Å². The number of alkyl halides is 2. The highest BCUT2D eigenvalue weighted by molar-refractivity contribution is 7.81. The molecule has 2 aromatic heterocycles. The van der Waals surface area contributed by atoms with Gasteiger partial charge in [0.1, 0.15) is 29.7 Å². The van der Waals surface area contributed by atoms with Crippen molar-refractivity contribution in [2.75, 3.05) is 6.61 Å². The maximum Gasteiger partial charge on any atom is 0.479 e. The third kappa shape index (κ3) is 5.26. The van der Waals surface area contributed by atoms with Crippen molar-refractivity contribution in [3.8, 4) is 0 Å². The lowest BCUT2D eigenvalue weighted by Gasteiger charge is -2.26. The molecule has 0 aromatic carbocycles. The van der Waals surface area contributed by atoms with Crippen molar-refractivity contribution in [1.82, 2.24) is 19.5 Å². The van der Waals surface area contributed by atoms with E-state index in [-0.39, 0.29) is 5.65 Å². The maximum atomic E-state index is 12.1. The van der Waals surface area contributed by atoms with Crippen LogP contribution in [-0.2, 0) is 27.3 Å². The first-order chi connectivity index (χ1) is 15.4. The van der Waals surface area contributed by atoms with E-state index < -0.39 is 58.0 Å². The van der Waals surface area contributed by atoms with Crippen LogP contribution in [0.2, 0.25) is 0 Å². The molecule has 21 heteroatoms. The number of aliphatic hydroxyl groups is 2. The predicted molar refractivity (Wildman–Crippen MR) is 114 cm³/mol. The van der Waals surface area contributed by atoms with Crippen molar-refractivity contribution in [1.29, 1.82) is 0 Å². The Morgan fingerprint density at radius 2 is 1.74 bits per heavy atom. The molecule has 0 bridgehead atoms. The van der Waals surface area contributed by atoms with Gasteiger partial charge in [-0.1, -0.05) is 23.2 Å². The van der Waals surface area contributed by atoms with Crippen molar-refractivity contribution in [2.24, 2.45) is 0 Å². The molecule has 16 nitrogen and oxygen atoms in total. The predicted octanol–water partition coefficient (Wildman–Crippen LogP) is 0.648. The minimum absolute atomic E-state index is 0.276. The number of aliphatic hydroxyl groups excluding tert-OH is 2. The molecule has 192 valence electrons. The second-order valence-electron chi connectivity index (χ2n) is 7.15. The molecule has 0 spiro atoms. The molecular formula is C13H19Cl2N4O12P3. The van der Waals surface area contributed by atoms with Crippen LogP contribution >= 0.6 is 46.2 Å². The van der Waals surface area contributed by atoms with Crippen molar-refractivity contribution < 1.29 is 57.1 Å². The first-order valence-corrected chi connectivity index (χ1v) is 14.5. The highest BCUT2D eigenvalue weighted by Crippen LogP contribution is 2.79. The van der Waals surface area contributed by atoms with Crippen LogP contribution in [0.25, 0.3) is 11.2 Å². The molecule has 1 saturated heterocycles. The molecule has 3 rings (SSSR count). The third-order valence-corrected chi connectivity index (χ3v) is 12.3. The van der Waals surface area contributed by atoms with E-state index in [2.05, 4.69) is 23.8 Å². The number of ether oxygens (including phenoxy) is 1. The fraction of sp³-hybridized carbons (Fsp3) is 0.615. The Bertz CT molecular complexity index is 1240. The fourth-order valence-corrected chi connectivity index (χ4v) is 7.26. The number of hydrogen-bond acceptors (Lipinski definition) is 11. The summed E-state index contributed by atoms with van der Waals surface area (Å²) in [5.74, 6) is 0.399. The van der Waals surface area contributed by atoms with Gasteiger partial charge < -0.3 is 34.5 Å². The topological polar surface area (TPSA) is 244 Å². The van der Waals surface area contributed by atoms with Crippen LogP contribution in [0.4, 0.5) is 0 Å². The maximum absolute atomic E-state index is 12.1. The van der Waals surface area contributed by atoms with Crippen molar-refractivity contribution >= 4 is 57.4 Å². The second-order valence-corrected chi connectivity index (χ2v) is 15.2. The quantitative estimate of drug-likeness (QED) is 0.183. The van der Waals surface area contributed by atoms with Crippen molar-refractivity contribution in [3.63, 3.8) is 0 Å². The summed E-state index contributed by atoms with van der Waals surface area (Å²) in [6.07, 6.45) is -4.72. The first-order valence-electron chi connectivity index (χ1n) is 9.02. The second kappa shape index (κ2) is 9.40. The average molecular weight is 587 g/mol. The molecule has 0 aliphatic carbocycles. The highest BCUT2D eigenvalue weighted by Gasteiger charge is 2.62. The van der Waals surface area contributed by atoms with E-state index in [0.717, 1.165) is 0 Å². The minimum atomic E-state index is -5.87. The SMILES string of the molecule is Cc1nc(C)c2ncn([C@@H]3O[C@H](COP(=O)(O)OP(=O)(O)C(Cl)(Cl)P(=O)(O)O)[C@@H](O)[C@H]3O)c2n1. The Kier molecular flexibility index (Phi) is 7.75. The van der Waals surface area contributed by atoms with Crippen LogP contribution in [0.5, 0.6) is 0 Å². The van der Waals surface area contributed by atoms with Gasteiger partial charge in [-0.05, 0) is 13.8 Å². The number of fused-ring (bicyclic) bond motifs is 1. The molecule has 2 aromatic rings. The van der Waals surface area contributed by atoms with E-state index in [1.54, 1.807) is 13.8 Å². The van der Waals surface area contributed by atoms with Crippen LogP contribution in [0, 0.1) is 13.8 Å². The van der Waals surface area contributed by atoms with Crippen molar-refractivity contribution in [2.45, 2.75) is 42.2 Å². The Balaban J connectivity index is 1.75. The summed E-state index contributed by atoms with van der Waals surface area (Å²) in [4.78, 5) is 49.9. The van der Waals surface area contributed by atoms with E-state index in [0.29, 0.717) is 17.0 Å². The van der Waals surface area contributed by atoms with E-state index in [4.69, 9.17) is 37.7 Å². The molecule has 0 radical (unpaired) electrons. The summed E-state index contributed by atoms with van der Waals surface area (Å²) in [6.45, 7) is 2.34. The third-order valence-electron chi connectivity index (χ3n) is 4.63. The number of imidazole rings is 1. The van der Waals surface area contributed by atoms with Crippen LogP contribution in [-0.4, -0.2) is 78.0 Å². The number of hydrogen-bond donors (Lipinski definition) is 6. The fourth-order valence-electron chi connectivity index (χ4n) is 3.02. The van der Waals surface area contributed by atoms with E-state index >= 15 is 0 Å². The first kappa shape index (κ1) is 28.0. The largest absolute Gasteiger partial charge is 0.479 e. The van der Waals surface area contributed by atoms with E-state index in [1.807, 2.05) is 0 Å². The van der Waals surface area contributed by atoms with Crippen molar-refractivity contribution in [3.05, 3.63) is 17.8 Å². The molecule has 3 heterocycles. The Morgan fingerprint density at radius 1 is 1.12 bits per heavy atom. The average Bonchev–Trinajstić information content (AvgIpc) is 3.20. The minimum Gasteiger partial charge on any atom is -0.387 e. The lowest BCUT2D eigenvalue weighted by molar-refractivity contribution is -0.0502. The monoisotopic (exact) mass is 586 g/mol. The molecule has 1 aliphatic rings. The van der Waals surface area contributed by atoms with Gasteiger partial charge in [0.2, 0.25) is 0 Å². The number of aryl methyl sites for hydroxylation is 2. The summed E-state index contributed by atoms with van der Waals surface area (Å²) < 4.78 is 46.8. The van der Waals surface area contributed by atoms with Gasteiger partial charge in [0, 0.05) is 0 Å². The van der Waals surface area contributed by atoms with Gasteiger partial charge in [-0.25, -0.2) is 23.8 Å². The zero-order chi connectivity index (χ0) is 25.9. The van der Waals surface area contributed by atoms with Gasteiger partial charge in [0.25, 0.3) is 0 Å². The molecule has 34 heavy (non-hydrogen) atoms. The molecule has 2 unspecified atom stereocenters. The summed E-state index contributed by atoms with van der Waals surface area (Å²) in [6, 6.07) is 0. The normalized spacial score (nSPS) is 27.6. The van der Waals surface area contributed by atoms with Gasteiger partial charge in [-0.3, -0.25) is 18.2 Å². The van der Waals surface area contributed by atoms with Crippen LogP contribution in [0.15, 0.2) is 6.33 Å². The zero-order valence-corrected chi connectivity index (χ0v) is 21.3. The van der Waals surface area contributed by atoms with Gasteiger partial charge in [0.15, 0.2) is 11.9 Å². The summed E-state index contributed by atoms with van der Waals surface area (Å²) in [5, 5.41) is 20.7. The summed E-state index contributed by atoms with van der Waals surface area (Å²) in [7, 11) is -17.1. The molecule has 6 atom stereocenters. The van der Waals surface area contributed by atoms with Gasteiger partial charge in [-0.2, -0.15) is 0 Å². The zero-order valence-electron chi connectivity index (χ0n) is 17.1. The summed E-state index contributed by atoms with van der Waals surface area (Å²) >= 11 is 10.4. The molecule has 1 fully saturated rings. The smallest absolute Gasteiger partial charge is 0.387 e. The number of rotatable bonds is 8. The standard InChI is InChI=1S/C13H19Cl2N4O12P3/c1-5-8-11(18-6(2)17-5)19(4-16-8)12-10(21)9(20)7(30-12)3-29-34(27,28)31-33(25,26)13(14,15)32(22,23)24/h4,7,9-10,12,20-21H,3H2,1-2H3,(H,25,26)(H,27,28)(H2,22,23,24)/t7-,9-,10-,12-/m1/s1. The lowest BCUT2D eigenvalue weighted by atomic mass is 10.1. The van der Waals surface area contributed by atoms with Crippen LogP contribution < -0.4 is 0 Å². The molecule has 0 saturated carbocycles. The van der Waals surface area contributed by atoms with Gasteiger partial charge in [0.05, 0.1) is 18.6 Å². The number of phosphoric ester groups is 1. The Labute approximate surface area is 200 Å². The molecule has 0 amide bonds. The number of halogens is 2. The van der Waals surface area contributed by atoms with Crippen LogP contribution in [0.1, 0.15) is 17.7 Å². The molecular weight excluding hydrogens is 568 g/mol. The van der Waals surface area contributed by atoms with Gasteiger partial charge in [-0.15, -0.1) is 0 Å². The van der Waals surface area contributed by atoms with Gasteiger partial charge >= 0.3 is 26.8 Å². The Hall–Kier alpha value is -0.540. The molecule has 6 N–H and O–H groups in total. The number of phosphoric acid groups is 1. The number of aromatic nitrogens is 4. The highest BCUT2D eigenvalue weighted by atomic mass is 35.5. The van der Waals surface area contributed by atoms with E-state index in [9.17, 15) is 33.7 Å². The summed E-state index contributed by atoms with van der Waals surface area (Å²) in [5.41, 5.74) is 1.22. The Morgan fingerprint density at radius 3 is 2.32 bits per heavy atom. The number of nitrogens with zero attached hydrogens (tertiary/aromatic N) is 4.